The molecule has 1 aromatic carbocycles. The molecule has 0 aliphatic rings. The van der Waals surface area contributed by atoms with E-state index >= 15 is 0 Å². The van der Waals surface area contributed by atoms with Crippen LogP contribution in [0.2, 0.25) is 0 Å². The van der Waals surface area contributed by atoms with Crippen LogP contribution in [0, 0.1) is 0 Å². The summed E-state index contributed by atoms with van der Waals surface area (Å²) in [7, 11) is -3.59. The van der Waals surface area contributed by atoms with E-state index in [0.717, 1.165) is 0 Å². The number of nitrogens with one attached hydrogen (secondary N) is 2. The Morgan fingerprint density at radius 1 is 1.17 bits per heavy atom. The van der Waals surface area contributed by atoms with Crippen molar-refractivity contribution in [3.63, 3.8) is 0 Å². The maximum atomic E-state index is 12.2. The summed E-state index contributed by atoms with van der Waals surface area (Å²) in [5.74, 6) is 0.0659. The minimum atomic E-state index is -3.59. The third-order valence-corrected chi connectivity index (χ3v) is 4.27. The number of aromatic nitrogens is 1. The fourth-order valence-corrected chi connectivity index (χ4v) is 2.88. The van der Waals surface area contributed by atoms with Gasteiger partial charge in [0, 0.05) is 12.7 Å². The molecule has 0 spiro atoms. The summed E-state index contributed by atoms with van der Waals surface area (Å²) in [4.78, 5) is 16.1. The van der Waals surface area contributed by atoms with E-state index in [4.69, 9.17) is 4.74 Å². The van der Waals surface area contributed by atoms with Crippen LogP contribution in [0.1, 0.15) is 17.3 Å². The average molecular weight is 349 g/mol. The van der Waals surface area contributed by atoms with E-state index in [1.165, 1.54) is 6.20 Å². The second kappa shape index (κ2) is 8.30. The average Bonchev–Trinajstić information content (AvgIpc) is 2.56. The quantitative estimate of drug-likeness (QED) is 0.755. The minimum Gasteiger partial charge on any atom is -0.493 e. The van der Waals surface area contributed by atoms with Crippen molar-refractivity contribution in [3.05, 3.63) is 54.2 Å². The van der Waals surface area contributed by atoms with Crippen LogP contribution < -0.4 is 14.8 Å². The highest BCUT2D eigenvalue weighted by Gasteiger charge is 2.14. The molecule has 2 rings (SSSR count). The fraction of sp³-hybridized carbons (Fsp3) is 0.250. The maximum absolute atomic E-state index is 12.2. The molecule has 0 radical (unpaired) electrons. The molecule has 0 aliphatic heterocycles. The molecule has 128 valence electrons. The number of rotatable bonds is 8. The molecule has 2 N–H and O–H groups in total. The number of para-hydroxylation sites is 1. The zero-order valence-corrected chi connectivity index (χ0v) is 14.0. The lowest BCUT2D eigenvalue weighted by Gasteiger charge is -2.11. The van der Waals surface area contributed by atoms with Gasteiger partial charge in [-0.25, -0.2) is 13.4 Å². The summed E-state index contributed by atoms with van der Waals surface area (Å²) in [5.41, 5.74) is 0.370. The van der Waals surface area contributed by atoms with Crippen molar-refractivity contribution in [2.45, 2.75) is 6.92 Å². The van der Waals surface area contributed by atoms with Gasteiger partial charge in [-0.3, -0.25) is 9.52 Å². The summed E-state index contributed by atoms with van der Waals surface area (Å²) < 4.78 is 31.7. The summed E-state index contributed by atoms with van der Waals surface area (Å²) >= 11 is 0. The Morgan fingerprint density at radius 3 is 2.62 bits per heavy atom. The van der Waals surface area contributed by atoms with Crippen LogP contribution in [0.3, 0.4) is 0 Å². The largest absolute Gasteiger partial charge is 0.493 e. The van der Waals surface area contributed by atoms with Gasteiger partial charge in [0.05, 0.1) is 17.9 Å². The van der Waals surface area contributed by atoms with E-state index in [2.05, 4.69) is 15.0 Å². The Hall–Kier alpha value is -2.61. The van der Waals surface area contributed by atoms with E-state index < -0.39 is 10.0 Å². The first-order valence-electron chi connectivity index (χ1n) is 7.43. The Bertz CT molecular complexity index is 779. The van der Waals surface area contributed by atoms with E-state index in [1.807, 2.05) is 6.92 Å². The summed E-state index contributed by atoms with van der Waals surface area (Å²) in [6, 6.07) is 11.7. The van der Waals surface area contributed by atoms with Crippen molar-refractivity contribution in [3.8, 4) is 5.75 Å². The highest BCUT2D eigenvalue weighted by molar-refractivity contribution is 7.92. The fourth-order valence-electron chi connectivity index (χ4n) is 1.96. The maximum Gasteiger partial charge on any atom is 0.255 e. The number of carbonyl (C=O) groups is 1. The van der Waals surface area contributed by atoms with E-state index in [9.17, 15) is 13.2 Å². The number of sulfonamides is 1. The number of anilines is 1. The van der Waals surface area contributed by atoms with Gasteiger partial charge in [0.25, 0.3) is 5.91 Å². The lowest BCUT2D eigenvalue weighted by Crippen LogP contribution is -2.31. The molecule has 7 nitrogen and oxygen atoms in total. The number of hydrogen-bond donors (Lipinski definition) is 2. The number of carbonyl (C=O) groups excluding carboxylic acids is 1. The van der Waals surface area contributed by atoms with Gasteiger partial charge >= 0.3 is 0 Å². The standard InChI is InChI=1S/C16H19N3O4S/c1-2-23-14-8-4-3-7-13(14)16(20)18-11-12-24(21,22)19-15-9-5-6-10-17-15/h3-10H,2,11-12H2,1H3,(H,17,19)(H,18,20). The van der Waals surface area contributed by atoms with Gasteiger partial charge in [-0.05, 0) is 31.2 Å². The van der Waals surface area contributed by atoms with Crippen LogP contribution in [0.4, 0.5) is 5.82 Å². The number of amides is 1. The van der Waals surface area contributed by atoms with Crippen molar-refractivity contribution in [2.24, 2.45) is 0 Å². The van der Waals surface area contributed by atoms with Gasteiger partial charge in [-0.15, -0.1) is 0 Å². The van der Waals surface area contributed by atoms with Crippen LogP contribution in [-0.4, -0.2) is 38.2 Å². The summed E-state index contributed by atoms with van der Waals surface area (Å²) in [6.07, 6.45) is 1.49. The Morgan fingerprint density at radius 2 is 1.92 bits per heavy atom. The molecule has 0 fully saturated rings. The Kier molecular flexibility index (Phi) is 6.14. The van der Waals surface area contributed by atoms with Crippen LogP contribution in [0.5, 0.6) is 5.75 Å². The van der Waals surface area contributed by atoms with Crippen molar-refractivity contribution in [1.82, 2.24) is 10.3 Å². The molecule has 0 bridgehead atoms. The first-order valence-corrected chi connectivity index (χ1v) is 9.08. The van der Waals surface area contributed by atoms with E-state index in [-0.39, 0.29) is 24.0 Å². The van der Waals surface area contributed by atoms with Crippen LogP contribution in [0.25, 0.3) is 0 Å². The topological polar surface area (TPSA) is 97.4 Å². The molecule has 2 aromatic rings. The number of pyridine rings is 1. The van der Waals surface area contributed by atoms with Crippen LogP contribution in [0.15, 0.2) is 48.7 Å². The van der Waals surface area contributed by atoms with Gasteiger partial charge in [-0.2, -0.15) is 0 Å². The highest BCUT2D eigenvalue weighted by Crippen LogP contribution is 2.17. The highest BCUT2D eigenvalue weighted by atomic mass is 32.2. The zero-order chi connectivity index (χ0) is 17.4. The molecule has 0 saturated heterocycles. The molecule has 0 aliphatic carbocycles. The lowest BCUT2D eigenvalue weighted by molar-refractivity contribution is 0.0952. The van der Waals surface area contributed by atoms with Gasteiger partial charge in [0.2, 0.25) is 10.0 Å². The zero-order valence-electron chi connectivity index (χ0n) is 13.2. The first kappa shape index (κ1) is 17.7. The molecule has 0 saturated carbocycles. The number of benzene rings is 1. The Balaban J connectivity index is 1.90. The van der Waals surface area contributed by atoms with Crippen molar-refractivity contribution < 1.29 is 17.9 Å². The van der Waals surface area contributed by atoms with Gasteiger partial charge < -0.3 is 10.1 Å². The normalized spacial score (nSPS) is 10.9. The Labute approximate surface area is 141 Å². The predicted molar refractivity (Wildman–Crippen MR) is 91.6 cm³/mol. The van der Waals surface area contributed by atoms with Crippen LogP contribution >= 0.6 is 0 Å². The molecule has 1 aromatic heterocycles. The first-order chi connectivity index (χ1) is 11.5. The second-order valence-corrected chi connectivity index (χ2v) is 6.66. The molecular formula is C16H19N3O4S. The minimum absolute atomic E-state index is 0.0263. The van der Waals surface area contributed by atoms with Crippen LogP contribution in [-0.2, 0) is 10.0 Å². The van der Waals surface area contributed by atoms with Crippen molar-refractivity contribution in [1.29, 1.82) is 0 Å². The van der Waals surface area contributed by atoms with Crippen molar-refractivity contribution in [2.75, 3.05) is 23.6 Å². The summed E-state index contributed by atoms with van der Waals surface area (Å²) in [5, 5.41) is 2.58. The number of nitrogens with zero attached hydrogens (tertiary/aromatic N) is 1. The molecule has 1 amide bonds. The van der Waals surface area contributed by atoms with Gasteiger partial charge in [-0.1, -0.05) is 18.2 Å². The summed E-state index contributed by atoms with van der Waals surface area (Å²) in [6.45, 7) is 2.23. The molecule has 0 unspecified atom stereocenters. The van der Waals surface area contributed by atoms with E-state index in [1.54, 1.807) is 42.5 Å². The van der Waals surface area contributed by atoms with E-state index in [0.29, 0.717) is 17.9 Å². The number of ether oxygens (including phenoxy) is 1. The van der Waals surface area contributed by atoms with Crippen molar-refractivity contribution >= 4 is 21.7 Å². The molecule has 1 heterocycles. The second-order valence-electron chi connectivity index (χ2n) is 4.82. The SMILES string of the molecule is CCOc1ccccc1C(=O)NCCS(=O)(=O)Nc1ccccn1. The molecule has 24 heavy (non-hydrogen) atoms. The smallest absolute Gasteiger partial charge is 0.255 e. The number of hydrogen-bond acceptors (Lipinski definition) is 5. The molecular weight excluding hydrogens is 330 g/mol. The lowest BCUT2D eigenvalue weighted by atomic mass is 10.2. The molecule has 0 atom stereocenters. The monoisotopic (exact) mass is 349 g/mol. The third-order valence-electron chi connectivity index (χ3n) is 3.01. The predicted octanol–water partition coefficient (Wildman–Crippen LogP) is 1.65. The molecule has 8 heteroatoms. The van der Waals surface area contributed by atoms with Gasteiger partial charge in [0.15, 0.2) is 0 Å². The third kappa shape index (κ3) is 5.24. The van der Waals surface area contributed by atoms with Gasteiger partial charge in [0.1, 0.15) is 11.6 Å².